The molecule has 0 bridgehead atoms. The molecule has 0 aliphatic carbocycles. The Morgan fingerprint density at radius 3 is 2.46 bits per heavy atom. The number of rotatable bonds is 1. The summed E-state index contributed by atoms with van der Waals surface area (Å²) >= 11 is 0. The van der Waals surface area contributed by atoms with Crippen LogP contribution in [0.25, 0.3) is 0 Å². The summed E-state index contributed by atoms with van der Waals surface area (Å²) in [6.45, 7) is 6.66. The maximum absolute atomic E-state index is 7.56. The molecule has 0 aromatic rings. The Hall–Kier alpha value is -0.570. The summed E-state index contributed by atoms with van der Waals surface area (Å²) < 4.78 is 0. The molecule has 3 nitrogen and oxygen atoms in total. The largest absolute Gasteiger partial charge is 0.359 e. The highest BCUT2D eigenvalue weighted by atomic mass is 15.3. The Bertz CT molecular complexity index is 196. The summed E-state index contributed by atoms with van der Waals surface area (Å²) in [5.74, 6) is 0.738. The molecule has 0 aromatic heterocycles. The lowest BCUT2D eigenvalue weighted by molar-refractivity contribution is 0.249. The molecule has 2 aliphatic rings. The number of hydrogen-bond donors (Lipinski definition) is 1. The van der Waals surface area contributed by atoms with E-state index in [1.54, 1.807) is 0 Å². The van der Waals surface area contributed by atoms with Crippen molar-refractivity contribution in [2.45, 2.75) is 32.2 Å². The number of hydrogen-bond acceptors (Lipinski definition) is 2. The lowest BCUT2D eigenvalue weighted by atomic mass is 10.2. The average molecular weight is 181 g/mol. The Labute approximate surface area is 80.2 Å². The molecule has 13 heavy (non-hydrogen) atoms. The van der Waals surface area contributed by atoms with Crippen molar-refractivity contribution in [2.24, 2.45) is 0 Å². The molecule has 0 radical (unpaired) electrons. The monoisotopic (exact) mass is 181 g/mol. The summed E-state index contributed by atoms with van der Waals surface area (Å²) in [5, 5.41) is 7.56. The maximum Gasteiger partial charge on any atom is 0.0926 e. The molecule has 1 unspecified atom stereocenters. The second kappa shape index (κ2) is 3.66. The fourth-order valence-corrected chi connectivity index (χ4v) is 2.45. The smallest absolute Gasteiger partial charge is 0.0926 e. The van der Waals surface area contributed by atoms with Gasteiger partial charge in [0.15, 0.2) is 0 Å². The summed E-state index contributed by atoms with van der Waals surface area (Å²) in [7, 11) is 0. The quantitative estimate of drug-likeness (QED) is 0.486. The van der Waals surface area contributed by atoms with Crippen LogP contribution in [0.1, 0.15) is 26.2 Å². The van der Waals surface area contributed by atoms with Gasteiger partial charge >= 0.3 is 0 Å². The minimum atomic E-state index is 0.738. The van der Waals surface area contributed by atoms with E-state index in [4.69, 9.17) is 5.41 Å². The van der Waals surface area contributed by atoms with Crippen molar-refractivity contribution >= 4 is 5.84 Å². The summed E-state index contributed by atoms with van der Waals surface area (Å²) in [6, 6.07) is 0.739. The van der Waals surface area contributed by atoms with Gasteiger partial charge in [0.25, 0.3) is 0 Å². The Morgan fingerprint density at radius 1 is 1.23 bits per heavy atom. The van der Waals surface area contributed by atoms with E-state index in [1.807, 2.05) is 6.92 Å². The molecule has 0 aromatic carbocycles. The van der Waals surface area contributed by atoms with Gasteiger partial charge in [0.05, 0.1) is 5.84 Å². The van der Waals surface area contributed by atoms with Crippen LogP contribution < -0.4 is 0 Å². The first-order valence-corrected chi connectivity index (χ1v) is 5.31. The third-order valence-corrected chi connectivity index (χ3v) is 3.29. The van der Waals surface area contributed by atoms with E-state index in [2.05, 4.69) is 9.80 Å². The van der Waals surface area contributed by atoms with Crippen LogP contribution in [-0.2, 0) is 0 Å². The van der Waals surface area contributed by atoms with E-state index in [9.17, 15) is 0 Å². The molecule has 0 saturated carbocycles. The molecule has 3 heteroatoms. The van der Waals surface area contributed by atoms with Crippen molar-refractivity contribution in [1.29, 1.82) is 5.41 Å². The normalized spacial score (nSPS) is 29.9. The van der Waals surface area contributed by atoms with E-state index in [0.717, 1.165) is 25.0 Å². The zero-order valence-electron chi connectivity index (χ0n) is 8.42. The Morgan fingerprint density at radius 2 is 1.92 bits per heavy atom. The maximum atomic E-state index is 7.56. The zero-order chi connectivity index (χ0) is 9.26. The van der Waals surface area contributed by atoms with Gasteiger partial charge in [-0.05, 0) is 39.3 Å². The second-order valence-corrected chi connectivity index (χ2v) is 4.22. The Kier molecular flexibility index (Phi) is 2.54. The first-order chi connectivity index (χ1) is 6.27. The van der Waals surface area contributed by atoms with Crippen LogP contribution in [0.15, 0.2) is 0 Å². The lowest BCUT2D eigenvalue weighted by Crippen LogP contribution is -2.36. The second-order valence-electron chi connectivity index (χ2n) is 4.22. The molecule has 2 fully saturated rings. The summed E-state index contributed by atoms with van der Waals surface area (Å²) in [6.07, 6.45) is 4.01. The average Bonchev–Trinajstić information content (AvgIpc) is 2.75. The highest BCUT2D eigenvalue weighted by Crippen LogP contribution is 2.20. The first kappa shape index (κ1) is 9.00. The molecule has 2 heterocycles. The molecule has 1 atom stereocenters. The number of amidine groups is 1. The molecular weight excluding hydrogens is 162 g/mol. The van der Waals surface area contributed by atoms with Crippen LogP contribution in [0, 0.1) is 5.41 Å². The highest BCUT2D eigenvalue weighted by molar-refractivity contribution is 5.76. The lowest BCUT2D eigenvalue weighted by Gasteiger charge is -2.23. The van der Waals surface area contributed by atoms with Gasteiger partial charge in [0, 0.05) is 19.1 Å². The first-order valence-electron chi connectivity index (χ1n) is 5.31. The third kappa shape index (κ3) is 1.85. The van der Waals surface area contributed by atoms with Gasteiger partial charge in [-0.1, -0.05) is 0 Å². The van der Waals surface area contributed by atoms with Gasteiger partial charge in [-0.3, -0.25) is 10.3 Å². The van der Waals surface area contributed by atoms with E-state index in [1.165, 1.54) is 32.4 Å². The molecule has 2 rings (SSSR count). The minimum absolute atomic E-state index is 0.738. The predicted octanol–water partition coefficient (Wildman–Crippen LogP) is 1.15. The van der Waals surface area contributed by atoms with Gasteiger partial charge in [-0.2, -0.15) is 0 Å². The molecule has 0 spiro atoms. The number of nitrogens with zero attached hydrogens (tertiary/aromatic N) is 2. The topological polar surface area (TPSA) is 30.3 Å². The van der Waals surface area contributed by atoms with Crippen LogP contribution in [0.4, 0.5) is 0 Å². The molecule has 74 valence electrons. The van der Waals surface area contributed by atoms with Gasteiger partial charge in [0.2, 0.25) is 0 Å². The molecule has 2 saturated heterocycles. The van der Waals surface area contributed by atoms with E-state index in [-0.39, 0.29) is 0 Å². The van der Waals surface area contributed by atoms with Crippen molar-refractivity contribution in [2.75, 3.05) is 26.2 Å². The number of nitrogens with one attached hydrogen (secondary N) is 1. The molecule has 0 amide bonds. The fourth-order valence-electron chi connectivity index (χ4n) is 2.45. The summed E-state index contributed by atoms with van der Waals surface area (Å²) in [4.78, 5) is 4.80. The SMILES string of the molecule is CC(=N)N1CCC(N2CCCC2)C1. The van der Waals surface area contributed by atoms with Crippen molar-refractivity contribution in [3.8, 4) is 0 Å². The fraction of sp³-hybridized carbons (Fsp3) is 0.900. The molecule has 1 N–H and O–H groups in total. The standard InChI is InChI=1S/C10H19N3/c1-9(11)13-7-4-10(8-13)12-5-2-3-6-12/h10-11H,2-8H2,1H3. The molecular formula is C10H19N3. The van der Waals surface area contributed by atoms with Crippen molar-refractivity contribution in [3.63, 3.8) is 0 Å². The van der Waals surface area contributed by atoms with Crippen molar-refractivity contribution < 1.29 is 0 Å². The number of likely N-dealkylation sites (tertiary alicyclic amines) is 2. The highest BCUT2D eigenvalue weighted by Gasteiger charge is 2.29. The van der Waals surface area contributed by atoms with Crippen LogP contribution >= 0.6 is 0 Å². The van der Waals surface area contributed by atoms with Crippen molar-refractivity contribution in [3.05, 3.63) is 0 Å². The zero-order valence-corrected chi connectivity index (χ0v) is 8.42. The van der Waals surface area contributed by atoms with Crippen LogP contribution in [0.3, 0.4) is 0 Å². The van der Waals surface area contributed by atoms with Crippen LogP contribution in [-0.4, -0.2) is 47.9 Å². The van der Waals surface area contributed by atoms with E-state index < -0.39 is 0 Å². The molecule has 2 aliphatic heterocycles. The van der Waals surface area contributed by atoms with Gasteiger partial charge in [-0.25, -0.2) is 0 Å². The van der Waals surface area contributed by atoms with Crippen LogP contribution in [0.2, 0.25) is 0 Å². The Balaban J connectivity index is 1.86. The third-order valence-electron chi connectivity index (χ3n) is 3.29. The van der Waals surface area contributed by atoms with Crippen molar-refractivity contribution in [1.82, 2.24) is 9.80 Å². The summed E-state index contributed by atoms with van der Waals surface area (Å²) in [5.41, 5.74) is 0. The van der Waals surface area contributed by atoms with E-state index >= 15 is 0 Å². The van der Waals surface area contributed by atoms with Gasteiger partial charge in [0.1, 0.15) is 0 Å². The minimum Gasteiger partial charge on any atom is -0.359 e. The van der Waals surface area contributed by atoms with Gasteiger partial charge < -0.3 is 4.90 Å². The van der Waals surface area contributed by atoms with Crippen LogP contribution in [0.5, 0.6) is 0 Å². The van der Waals surface area contributed by atoms with E-state index in [0.29, 0.717) is 0 Å². The van der Waals surface area contributed by atoms with Gasteiger partial charge in [-0.15, -0.1) is 0 Å². The predicted molar refractivity (Wildman–Crippen MR) is 54.2 cm³/mol.